The van der Waals surface area contributed by atoms with Crippen LogP contribution < -0.4 is 24.8 Å². The first-order valence-corrected chi connectivity index (χ1v) is 3.61. The number of allylic oxidation sites excluding steroid dienone is 4. The third kappa shape index (κ3) is 18.9. The van der Waals surface area contributed by atoms with Crippen molar-refractivity contribution in [1.82, 2.24) is 0 Å². The first-order valence-electron chi connectivity index (χ1n) is 3.61. The van der Waals surface area contributed by atoms with Gasteiger partial charge in [0.25, 0.3) is 0 Å². The molecule has 0 aromatic heterocycles. The van der Waals surface area contributed by atoms with Gasteiger partial charge >= 0.3 is 16.8 Å². The summed E-state index contributed by atoms with van der Waals surface area (Å²) in [6.45, 7) is 2.00. The van der Waals surface area contributed by atoms with Crippen LogP contribution in [0.2, 0.25) is 0 Å². The summed E-state index contributed by atoms with van der Waals surface area (Å²) in [5.74, 6) is 0. The maximum atomic E-state index is 8.00. The number of halogens is 2. The Morgan fingerprint density at radius 1 is 0.846 bits per heavy atom. The average molecular weight is 268 g/mol. The van der Waals surface area contributed by atoms with E-state index in [1.165, 1.54) is 25.7 Å². The quantitative estimate of drug-likeness (QED) is 0.445. The van der Waals surface area contributed by atoms with Gasteiger partial charge in [-0.3, -0.25) is 0 Å². The minimum Gasteiger partial charge on any atom is -1.00 e. The molecule has 0 N–H and O–H groups in total. The fourth-order valence-corrected chi connectivity index (χ4v) is 0.874. The molecule has 4 heteroatoms. The van der Waals surface area contributed by atoms with Crippen LogP contribution in [-0.2, 0) is 21.6 Å². The van der Waals surface area contributed by atoms with Gasteiger partial charge in [-0.05, 0) is 25.7 Å². The predicted octanol–water partition coefficient (Wildman–Crippen LogP) is -3.51. The van der Waals surface area contributed by atoms with Gasteiger partial charge in [-0.25, -0.2) is 0 Å². The van der Waals surface area contributed by atoms with E-state index in [0.29, 0.717) is 0 Å². The smallest absolute Gasteiger partial charge is 1.00 e. The Hall–Kier alpha value is 0.236. The molecule has 1 radical (unpaired) electrons. The van der Waals surface area contributed by atoms with Crippen LogP contribution in [0.5, 0.6) is 0 Å². The topological polar surface area (TPSA) is 17.1 Å². The monoisotopic (exact) mass is 267 g/mol. The summed E-state index contributed by atoms with van der Waals surface area (Å²) < 4.78 is 0. The van der Waals surface area contributed by atoms with Gasteiger partial charge in [0.1, 0.15) is 6.79 Å². The molecule has 79 valence electrons. The standard InChI is InChI=1S/C8H12.CH2O.2ClH.Co/c1-2-4-6-8-7-5-3-1;1-2;;;/h1-4H,5-8H2;1H2;2*1H;/q;;;;+2/p-2. The van der Waals surface area contributed by atoms with E-state index < -0.39 is 0 Å². The zero-order valence-electron chi connectivity index (χ0n) is 7.34. The van der Waals surface area contributed by atoms with Crippen molar-refractivity contribution >= 4 is 6.79 Å². The fraction of sp³-hybridized carbons (Fsp3) is 0.444. The Balaban J connectivity index is -0.0000000761. The molecule has 1 rings (SSSR count). The van der Waals surface area contributed by atoms with Crippen molar-refractivity contribution in [3.8, 4) is 0 Å². The maximum absolute atomic E-state index is 8.00. The van der Waals surface area contributed by atoms with E-state index in [9.17, 15) is 0 Å². The minimum atomic E-state index is 0. The van der Waals surface area contributed by atoms with Crippen LogP contribution in [-0.4, -0.2) is 6.79 Å². The fourth-order valence-electron chi connectivity index (χ4n) is 0.874. The van der Waals surface area contributed by atoms with E-state index in [1.54, 1.807) is 0 Å². The van der Waals surface area contributed by atoms with E-state index in [4.69, 9.17) is 4.79 Å². The molecule has 0 spiro atoms. The van der Waals surface area contributed by atoms with Crippen molar-refractivity contribution in [3.63, 3.8) is 0 Å². The molecule has 1 aliphatic carbocycles. The van der Waals surface area contributed by atoms with Gasteiger partial charge in [0.15, 0.2) is 0 Å². The van der Waals surface area contributed by atoms with Crippen LogP contribution in [0.1, 0.15) is 25.7 Å². The Morgan fingerprint density at radius 3 is 1.46 bits per heavy atom. The molecule has 13 heavy (non-hydrogen) atoms. The Bertz CT molecular complexity index is 113. The zero-order valence-corrected chi connectivity index (χ0v) is 9.90. The molecule has 0 unspecified atom stereocenters. The summed E-state index contributed by atoms with van der Waals surface area (Å²) in [4.78, 5) is 8.00. The van der Waals surface area contributed by atoms with E-state index in [1.807, 2.05) is 6.79 Å². The number of carbonyl (C=O) groups excluding carboxylic acids is 1. The third-order valence-electron chi connectivity index (χ3n) is 1.37. The van der Waals surface area contributed by atoms with Crippen LogP contribution in [0.25, 0.3) is 0 Å². The van der Waals surface area contributed by atoms with Crippen molar-refractivity contribution in [2.24, 2.45) is 0 Å². The molecular formula is C9H14Cl2CoO. The molecule has 0 atom stereocenters. The molecule has 0 aromatic rings. The van der Waals surface area contributed by atoms with E-state index >= 15 is 0 Å². The van der Waals surface area contributed by atoms with Gasteiger partial charge in [0, 0.05) is 0 Å². The van der Waals surface area contributed by atoms with E-state index in [0.717, 1.165) is 0 Å². The van der Waals surface area contributed by atoms with Crippen LogP contribution >= 0.6 is 0 Å². The Morgan fingerprint density at radius 2 is 1.15 bits per heavy atom. The molecule has 0 amide bonds. The minimum absolute atomic E-state index is 0. The van der Waals surface area contributed by atoms with Crippen molar-refractivity contribution in [1.29, 1.82) is 0 Å². The molecular weight excluding hydrogens is 254 g/mol. The maximum Gasteiger partial charge on any atom is 2.00 e. The van der Waals surface area contributed by atoms with Crippen molar-refractivity contribution in [2.75, 3.05) is 0 Å². The first kappa shape index (κ1) is 23.2. The molecule has 1 aliphatic rings. The first-order chi connectivity index (χ1) is 5.00. The molecule has 0 aliphatic heterocycles. The van der Waals surface area contributed by atoms with Gasteiger partial charge in [0.2, 0.25) is 0 Å². The summed E-state index contributed by atoms with van der Waals surface area (Å²) in [6, 6.07) is 0. The normalized spacial score (nSPS) is 12.6. The summed E-state index contributed by atoms with van der Waals surface area (Å²) in [6.07, 6.45) is 14.0. The van der Waals surface area contributed by atoms with Gasteiger partial charge < -0.3 is 29.6 Å². The molecule has 0 bridgehead atoms. The number of hydrogen-bond donors (Lipinski definition) is 0. The van der Waals surface area contributed by atoms with Gasteiger partial charge in [-0.2, -0.15) is 0 Å². The summed E-state index contributed by atoms with van der Waals surface area (Å²) in [5.41, 5.74) is 0. The Labute approximate surface area is 103 Å². The molecule has 0 heterocycles. The second kappa shape index (κ2) is 22.8. The molecule has 0 saturated carbocycles. The van der Waals surface area contributed by atoms with Crippen molar-refractivity contribution in [2.45, 2.75) is 25.7 Å². The number of rotatable bonds is 0. The molecule has 1 nitrogen and oxygen atoms in total. The summed E-state index contributed by atoms with van der Waals surface area (Å²) in [7, 11) is 0. The van der Waals surface area contributed by atoms with Gasteiger partial charge in [-0.1, -0.05) is 24.3 Å². The summed E-state index contributed by atoms with van der Waals surface area (Å²) >= 11 is 0. The van der Waals surface area contributed by atoms with E-state index in [2.05, 4.69) is 24.3 Å². The summed E-state index contributed by atoms with van der Waals surface area (Å²) in [5, 5.41) is 0. The largest absolute Gasteiger partial charge is 2.00 e. The van der Waals surface area contributed by atoms with Crippen LogP contribution in [0.4, 0.5) is 0 Å². The zero-order chi connectivity index (χ0) is 7.66. The van der Waals surface area contributed by atoms with Crippen LogP contribution in [0.15, 0.2) is 24.3 Å². The number of carbonyl (C=O) groups is 1. The average Bonchev–Trinajstić information content (AvgIpc) is 1.90. The molecule has 0 saturated heterocycles. The Kier molecular flexibility index (Phi) is 40.7. The SMILES string of the molecule is C1=CCCCCC=C1.C=O.[Cl-].[Cl-].[Co+2]. The second-order valence-electron chi connectivity index (χ2n) is 2.14. The van der Waals surface area contributed by atoms with Gasteiger partial charge in [0.05, 0.1) is 0 Å². The van der Waals surface area contributed by atoms with Crippen molar-refractivity contribution in [3.05, 3.63) is 24.3 Å². The third-order valence-corrected chi connectivity index (χ3v) is 1.37. The van der Waals surface area contributed by atoms with Crippen molar-refractivity contribution < 1.29 is 46.4 Å². The number of hydrogen-bond acceptors (Lipinski definition) is 1. The van der Waals surface area contributed by atoms with Gasteiger partial charge in [-0.15, -0.1) is 0 Å². The van der Waals surface area contributed by atoms with Crippen LogP contribution in [0, 0.1) is 0 Å². The molecule has 0 aromatic carbocycles. The van der Waals surface area contributed by atoms with Crippen LogP contribution in [0.3, 0.4) is 0 Å². The molecule has 0 fully saturated rings. The van der Waals surface area contributed by atoms with E-state index in [-0.39, 0.29) is 41.6 Å². The predicted molar refractivity (Wildman–Crippen MR) is 43.9 cm³/mol. The second-order valence-corrected chi connectivity index (χ2v) is 2.14.